The van der Waals surface area contributed by atoms with Gasteiger partial charge in [0.2, 0.25) is 5.82 Å². The van der Waals surface area contributed by atoms with E-state index in [1.807, 2.05) is 25.1 Å². The van der Waals surface area contributed by atoms with Gasteiger partial charge in [0.05, 0.1) is 6.54 Å². The Hall–Kier alpha value is -3.16. The Morgan fingerprint density at radius 2 is 2.22 bits per heavy atom. The van der Waals surface area contributed by atoms with Gasteiger partial charge in [-0.2, -0.15) is 4.98 Å². The van der Waals surface area contributed by atoms with Crippen molar-refractivity contribution < 1.29 is 14.3 Å². The number of aryl methyl sites for hydroxylation is 1. The molecule has 0 spiro atoms. The van der Waals surface area contributed by atoms with E-state index >= 15 is 0 Å². The van der Waals surface area contributed by atoms with Crippen molar-refractivity contribution in [3.8, 4) is 11.5 Å². The average Bonchev–Trinajstić information content (AvgIpc) is 3.19. The highest BCUT2D eigenvalue weighted by Crippen LogP contribution is 2.41. The Morgan fingerprint density at radius 1 is 1.37 bits per heavy atom. The fourth-order valence-electron chi connectivity index (χ4n) is 3.11. The van der Waals surface area contributed by atoms with Crippen LogP contribution in [0, 0.1) is 6.92 Å². The van der Waals surface area contributed by atoms with Crippen molar-refractivity contribution in [2.45, 2.75) is 32.8 Å². The maximum Gasteiger partial charge on any atom is 0.291 e. The lowest BCUT2D eigenvalue weighted by molar-refractivity contribution is 0.0936. The largest absolute Gasteiger partial charge is 0.488 e. The molecule has 1 aliphatic heterocycles. The fraction of sp³-hybridized carbons (Fsp3) is 0.368. The first-order chi connectivity index (χ1) is 12.9. The van der Waals surface area contributed by atoms with Crippen molar-refractivity contribution in [1.29, 1.82) is 0 Å². The second-order valence-electron chi connectivity index (χ2n) is 7.12. The second kappa shape index (κ2) is 6.53. The van der Waals surface area contributed by atoms with Gasteiger partial charge in [-0.15, -0.1) is 5.10 Å². The highest BCUT2D eigenvalue weighted by atomic mass is 16.5. The summed E-state index contributed by atoms with van der Waals surface area (Å²) in [6.07, 6.45) is 2.49. The number of carbonyl (C=O) groups excluding carboxylic acids is 1. The zero-order chi connectivity index (χ0) is 19.0. The number of ether oxygens (including phenoxy) is 2. The third-order valence-corrected chi connectivity index (χ3v) is 4.33. The number of nitrogens with one attached hydrogen (secondary N) is 1. The molecule has 8 nitrogen and oxygen atoms in total. The Kier molecular flexibility index (Phi) is 4.18. The van der Waals surface area contributed by atoms with Crippen LogP contribution in [0.25, 0.3) is 5.78 Å². The van der Waals surface area contributed by atoms with Gasteiger partial charge in [0.15, 0.2) is 11.5 Å². The number of fused-ring (bicyclic) bond motifs is 2. The molecule has 8 heteroatoms. The number of carbonyl (C=O) groups is 1. The molecule has 0 saturated carbocycles. The quantitative estimate of drug-likeness (QED) is 0.693. The summed E-state index contributed by atoms with van der Waals surface area (Å²) < 4.78 is 13.3. The van der Waals surface area contributed by atoms with E-state index in [0.717, 1.165) is 23.4 Å². The minimum Gasteiger partial charge on any atom is -0.488 e. The molecule has 0 atom stereocenters. The van der Waals surface area contributed by atoms with Crippen LogP contribution in [-0.4, -0.2) is 44.2 Å². The molecule has 3 aromatic rings. The van der Waals surface area contributed by atoms with Crippen LogP contribution >= 0.6 is 0 Å². The Bertz CT molecular complexity index is 1010. The van der Waals surface area contributed by atoms with Gasteiger partial charge in [0.1, 0.15) is 12.2 Å². The van der Waals surface area contributed by atoms with Crippen molar-refractivity contribution >= 4 is 11.7 Å². The Balaban J connectivity index is 1.35. The molecular weight excluding hydrogens is 346 g/mol. The van der Waals surface area contributed by atoms with Crippen molar-refractivity contribution in [3.05, 3.63) is 47.5 Å². The third kappa shape index (κ3) is 3.42. The van der Waals surface area contributed by atoms with Crippen LogP contribution in [0.5, 0.6) is 11.5 Å². The molecule has 140 valence electrons. The molecule has 3 heterocycles. The van der Waals surface area contributed by atoms with Gasteiger partial charge in [0, 0.05) is 23.9 Å². The van der Waals surface area contributed by atoms with E-state index in [-0.39, 0.29) is 17.3 Å². The molecule has 1 amide bonds. The molecule has 4 rings (SSSR count). The molecule has 1 aromatic carbocycles. The summed E-state index contributed by atoms with van der Waals surface area (Å²) in [6, 6.07) is 7.68. The molecule has 0 fully saturated rings. The predicted octanol–water partition coefficient (Wildman–Crippen LogP) is 1.96. The molecule has 1 aliphatic rings. The molecule has 0 unspecified atom stereocenters. The van der Waals surface area contributed by atoms with E-state index in [1.165, 1.54) is 4.52 Å². The Labute approximate surface area is 156 Å². The van der Waals surface area contributed by atoms with Crippen molar-refractivity contribution in [3.63, 3.8) is 0 Å². The summed E-state index contributed by atoms with van der Waals surface area (Å²) in [5.41, 5.74) is 1.77. The summed E-state index contributed by atoms with van der Waals surface area (Å²) in [5.74, 6) is 1.60. The van der Waals surface area contributed by atoms with E-state index in [4.69, 9.17) is 9.47 Å². The van der Waals surface area contributed by atoms with Gasteiger partial charge in [-0.25, -0.2) is 9.50 Å². The van der Waals surface area contributed by atoms with Crippen molar-refractivity contribution in [2.75, 3.05) is 13.2 Å². The van der Waals surface area contributed by atoms with E-state index in [1.54, 1.807) is 12.3 Å². The minimum atomic E-state index is -0.362. The topological polar surface area (TPSA) is 90.6 Å². The number of benzene rings is 1. The summed E-state index contributed by atoms with van der Waals surface area (Å²) >= 11 is 0. The van der Waals surface area contributed by atoms with Crippen LogP contribution < -0.4 is 14.8 Å². The minimum absolute atomic E-state index is 0.0856. The van der Waals surface area contributed by atoms with E-state index in [2.05, 4.69) is 34.2 Å². The van der Waals surface area contributed by atoms with Crippen LogP contribution in [0.15, 0.2) is 30.5 Å². The summed E-state index contributed by atoms with van der Waals surface area (Å²) in [5, 5.41) is 6.95. The monoisotopic (exact) mass is 367 g/mol. The molecule has 0 bridgehead atoms. The van der Waals surface area contributed by atoms with Crippen LogP contribution in [0.1, 0.15) is 35.7 Å². The van der Waals surface area contributed by atoms with Crippen LogP contribution in [-0.2, 0) is 6.42 Å². The zero-order valence-corrected chi connectivity index (χ0v) is 15.5. The molecule has 0 radical (unpaired) electrons. The Morgan fingerprint density at radius 3 is 3.04 bits per heavy atom. The number of hydrogen-bond donors (Lipinski definition) is 1. The van der Waals surface area contributed by atoms with Crippen molar-refractivity contribution in [2.24, 2.45) is 0 Å². The van der Waals surface area contributed by atoms with Crippen LogP contribution in [0.4, 0.5) is 0 Å². The molecule has 1 N–H and O–H groups in total. The van der Waals surface area contributed by atoms with Crippen LogP contribution in [0.3, 0.4) is 0 Å². The smallest absolute Gasteiger partial charge is 0.291 e. The number of hydrogen-bond acceptors (Lipinski definition) is 6. The van der Waals surface area contributed by atoms with E-state index < -0.39 is 0 Å². The fourth-order valence-corrected chi connectivity index (χ4v) is 3.11. The first-order valence-corrected chi connectivity index (χ1v) is 8.83. The standard InChI is InChI=1S/C19H21N5O3/c1-12-7-8-21-18-22-16(23-24(12)18)17(25)20-9-10-26-14-6-4-5-13-11-19(2,3)27-15(13)14/h4-8H,9-11H2,1-3H3,(H,20,25). The number of para-hydroxylation sites is 1. The van der Waals surface area contributed by atoms with Gasteiger partial charge < -0.3 is 14.8 Å². The summed E-state index contributed by atoms with van der Waals surface area (Å²) in [7, 11) is 0. The number of rotatable bonds is 5. The average molecular weight is 367 g/mol. The van der Waals surface area contributed by atoms with E-state index in [0.29, 0.717) is 24.7 Å². The highest BCUT2D eigenvalue weighted by Gasteiger charge is 2.32. The normalized spacial score (nSPS) is 14.6. The highest BCUT2D eigenvalue weighted by molar-refractivity contribution is 5.90. The lowest BCUT2D eigenvalue weighted by atomic mass is 10.0. The van der Waals surface area contributed by atoms with Crippen LogP contribution in [0.2, 0.25) is 0 Å². The van der Waals surface area contributed by atoms with Crippen molar-refractivity contribution in [1.82, 2.24) is 24.9 Å². The molecular formula is C19H21N5O3. The predicted molar refractivity (Wildman–Crippen MR) is 98.2 cm³/mol. The maximum atomic E-state index is 12.3. The molecule has 0 saturated heterocycles. The SMILES string of the molecule is Cc1ccnc2nc(C(=O)NCCOc3cccc4c3OC(C)(C)C4)nn12. The molecule has 2 aromatic heterocycles. The van der Waals surface area contributed by atoms with Gasteiger partial charge in [-0.1, -0.05) is 12.1 Å². The lowest BCUT2D eigenvalue weighted by Crippen LogP contribution is -2.29. The molecule has 0 aliphatic carbocycles. The van der Waals surface area contributed by atoms with Gasteiger partial charge in [-0.05, 0) is 32.9 Å². The first-order valence-electron chi connectivity index (χ1n) is 8.83. The molecule has 27 heavy (non-hydrogen) atoms. The second-order valence-corrected chi connectivity index (χ2v) is 7.12. The summed E-state index contributed by atoms with van der Waals surface area (Å²) in [4.78, 5) is 20.5. The van der Waals surface area contributed by atoms with Gasteiger partial charge in [0.25, 0.3) is 11.7 Å². The number of nitrogens with zero attached hydrogens (tertiary/aromatic N) is 4. The zero-order valence-electron chi connectivity index (χ0n) is 15.5. The number of amides is 1. The first kappa shape index (κ1) is 17.3. The van der Waals surface area contributed by atoms with E-state index in [9.17, 15) is 4.79 Å². The van der Waals surface area contributed by atoms with Gasteiger partial charge >= 0.3 is 0 Å². The lowest BCUT2D eigenvalue weighted by Gasteiger charge is -2.18. The third-order valence-electron chi connectivity index (χ3n) is 4.33. The maximum absolute atomic E-state index is 12.3. The number of aromatic nitrogens is 4. The summed E-state index contributed by atoms with van der Waals surface area (Å²) in [6.45, 7) is 6.62. The van der Waals surface area contributed by atoms with Gasteiger partial charge in [-0.3, -0.25) is 4.79 Å².